The van der Waals surface area contributed by atoms with Crippen LogP contribution in [-0.4, -0.2) is 57.1 Å². The number of piperazine rings is 1. The number of amides is 1. The van der Waals surface area contributed by atoms with Crippen LogP contribution in [0.4, 0.5) is 10.8 Å². The average Bonchev–Trinajstić information content (AvgIpc) is 3.05. The molecule has 1 aliphatic heterocycles. The number of hydrogen-bond donors (Lipinski definition) is 2. The maximum Gasteiger partial charge on any atom is 0.342 e. The van der Waals surface area contributed by atoms with Gasteiger partial charge in [-0.3, -0.25) is 24.7 Å². The first-order valence-electron chi connectivity index (χ1n) is 6.93. The lowest BCUT2D eigenvalue weighted by molar-refractivity contribution is -0.380. The third-order valence-corrected chi connectivity index (χ3v) is 4.57. The van der Waals surface area contributed by atoms with Crippen LogP contribution in [0.15, 0.2) is 21.7 Å². The molecule has 11 nitrogen and oxygen atoms in total. The zero-order valence-corrected chi connectivity index (χ0v) is 13.0. The predicted octanol–water partition coefficient (Wildman–Crippen LogP) is -0.610. The summed E-state index contributed by atoms with van der Waals surface area (Å²) in [5.41, 5.74) is -1.27. The van der Waals surface area contributed by atoms with Crippen LogP contribution in [0.2, 0.25) is 0 Å². The maximum atomic E-state index is 12.4. The van der Waals surface area contributed by atoms with Gasteiger partial charge in [-0.2, -0.15) is 0 Å². The molecule has 3 rings (SSSR count). The van der Waals surface area contributed by atoms with E-state index in [1.807, 2.05) is 0 Å². The number of thiophene rings is 1. The molecule has 24 heavy (non-hydrogen) atoms. The second kappa shape index (κ2) is 6.23. The molecule has 0 radical (unpaired) electrons. The van der Waals surface area contributed by atoms with Crippen molar-refractivity contribution in [1.82, 2.24) is 20.1 Å². The van der Waals surface area contributed by atoms with Gasteiger partial charge in [-0.05, 0) is 6.07 Å². The van der Waals surface area contributed by atoms with Crippen LogP contribution < -0.4 is 16.1 Å². The number of carbonyl (C=O) groups is 1. The molecule has 2 aromatic heterocycles. The fourth-order valence-electron chi connectivity index (χ4n) is 2.37. The fraction of sp³-hybridized carbons (Fsp3) is 0.333. The number of nitro groups is 1. The Hall–Kier alpha value is -3.02. The number of aromatic amines is 2. The second-order valence-corrected chi connectivity index (χ2v) is 6.07. The van der Waals surface area contributed by atoms with Crippen molar-refractivity contribution >= 4 is 28.1 Å². The van der Waals surface area contributed by atoms with Crippen LogP contribution in [0, 0.1) is 10.1 Å². The summed E-state index contributed by atoms with van der Waals surface area (Å²) in [5.74, 6) is -0.190. The second-order valence-electron chi connectivity index (χ2n) is 5.00. The Bertz CT molecular complexity index is 894. The van der Waals surface area contributed by atoms with Gasteiger partial charge < -0.3 is 9.80 Å². The Morgan fingerprint density at radius 1 is 1.25 bits per heavy atom. The van der Waals surface area contributed by atoms with Crippen molar-refractivity contribution in [2.24, 2.45) is 0 Å². The van der Waals surface area contributed by atoms with Crippen LogP contribution in [0.3, 0.4) is 0 Å². The lowest BCUT2D eigenvalue weighted by Crippen LogP contribution is -2.50. The fourth-order valence-corrected chi connectivity index (χ4v) is 3.16. The van der Waals surface area contributed by atoms with Crippen LogP contribution in [-0.2, 0) is 0 Å². The third kappa shape index (κ3) is 3.03. The predicted molar refractivity (Wildman–Crippen MR) is 84.6 cm³/mol. The molecule has 0 atom stereocenters. The SMILES string of the molecule is O=C(c1ccc([N+](=O)[O-])s1)N1CCN(c2n[nH]c(=O)[nH]c2=O)CC1. The zero-order chi connectivity index (χ0) is 17.3. The van der Waals surface area contributed by atoms with E-state index >= 15 is 0 Å². The van der Waals surface area contributed by atoms with Crippen molar-refractivity contribution in [1.29, 1.82) is 0 Å². The standard InChI is InChI=1S/C12H12N6O5S/c19-10-9(14-15-12(21)13-10)16-3-5-17(6-4-16)11(20)7-1-2-8(24-7)18(22)23/h1-2H,3-6H2,(H2,13,15,19,21). The van der Waals surface area contributed by atoms with E-state index in [2.05, 4.69) is 15.2 Å². The van der Waals surface area contributed by atoms with Crippen molar-refractivity contribution < 1.29 is 9.72 Å². The molecule has 0 aromatic carbocycles. The molecule has 2 N–H and O–H groups in total. The first-order chi connectivity index (χ1) is 11.5. The van der Waals surface area contributed by atoms with Gasteiger partial charge in [-0.15, -0.1) is 5.10 Å². The molecule has 126 valence electrons. The number of nitrogens with one attached hydrogen (secondary N) is 2. The van der Waals surface area contributed by atoms with Gasteiger partial charge in [-0.25, -0.2) is 9.89 Å². The van der Waals surface area contributed by atoms with Crippen LogP contribution in [0.1, 0.15) is 9.67 Å². The summed E-state index contributed by atoms with van der Waals surface area (Å²) in [6, 6.07) is 2.74. The minimum Gasteiger partial charge on any atom is -0.347 e. The normalized spacial score (nSPS) is 14.7. The van der Waals surface area contributed by atoms with E-state index < -0.39 is 16.2 Å². The first kappa shape index (κ1) is 15.9. The lowest BCUT2D eigenvalue weighted by atomic mass is 10.3. The molecule has 2 aromatic rings. The van der Waals surface area contributed by atoms with E-state index in [-0.39, 0.29) is 16.7 Å². The van der Waals surface area contributed by atoms with Gasteiger partial charge in [0.15, 0.2) is 0 Å². The number of carbonyl (C=O) groups excluding carboxylic acids is 1. The highest BCUT2D eigenvalue weighted by molar-refractivity contribution is 7.17. The first-order valence-corrected chi connectivity index (χ1v) is 7.75. The zero-order valence-electron chi connectivity index (χ0n) is 12.2. The van der Waals surface area contributed by atoms with E-state index in [1.165, 1.54) is 12.1 Å². The molecule has 12 heteroatoms. The largest absolute Gasteiger partial charge is 0.347 e. The summed E-state index contributed by atoms with van der Waals surface area (Å²) in [5, 5.41) is 16.5. The highest BCUT2D eigenvalue weighted by Gasteiger charge is 2.26. The van der Waals surface area contributed by atoms with E-state index in [0.717, 1.165) is 11.3 Å². The Balaban J connectivity index is 1.68. The Kier molecular flexibility index (Phi) is 4.12. The molecular weight excluding hydrogens is 340 g/mol. The molecule has 0 spiro atoms. The lowest BCUT2D eigenvalue weighted by Gasteiger charge is -2.34. The summed E-state index contributed by atoms with van der Waals surface area (Å²) in [6.07, 6.45) is 0. The van der Waals surface area contributed by atoms with Gasteiger partial charge in [0.2, 0.25) is 5.82 Å². The van der Waals surface area contributed by atoms with Crippen LogP contribution >= 0.6 is 11.3 Å². The van der Waals surface area contributed by atoms with Gasteiger partial charge in [0.05, 0.1) is 9.80 Å². The van der Waals surface area contributed by atoms with E-state index in [4.69, 9.17) is 0 Å². The van der Waals surface area contributed by atoms with Crippen molar-refractivity contribution in [3.63, 3.8) is 0 Å². The molecule has 1 amide bonds. The van der Waals surface area contributed by atoms with Crippen molar-refractivity contribution in [3.8, 4) is 0 Å². The summed E-state index contributed by atoms with van der Waals surface area (Å²) in [6.45, 7) is 1.40. The minimum atomic E-state index is -0.683. The molecule has 0 saturated carbocycles. The number of anilines is 1. The molecule has 1 fully saturated rings. The van der Waals surface area contributed by atoms with Crippen LogP contribution in [0.25, 0.3) is 0 Å². The van der Waals surface area contributed by atoms with Crippen molar-refractivity contribution in [2.45, 2.75) is 0 Å². The van der Waals surface area contributed by atoms with Crippen molar-refractivity contribution in [2.75, 3.05) is 31.1 Å². The topological polar surface area (TPSA) is 145 Å². The average molecular weight is 352 g/mol. The number of nitrogens with zero attached hydrogens (tertiary/aromatic N) is 4. The van der Waals surface area contributed by atoms with E-state index in [0.29, 0.717) is 31.1 Å². The number of aromatic nitrogens is 3. The summed E-state index contributed by atoms with van der Waals surface area (Å²) in [7, 11) is 0. The number of rotatable bonds is 3. The molecular formula is C12H12N6O5S. The molecule has 0 bridgehead atoms. The number of H-pyrrole nitrogens is 2. The molecule has 3 heterocycles. The highest BCUT2D eigenvalue weighted by atomic mass is 32.1. The van der Waals surface area contributed by atoms with Crippen LogP contribution in [0.5, 0.6) is 0 Å². The Morgan fingerprint density at radius 2 is 1.96 bits per heavy atom. The summed E-state index contributed by atoms with van der Waals surface area (Å²) in [4.78, 5) is 50.8. The Morgan fingerprint density at radius 3 is 2.54 bits per heavy atom. The van der Waals surface area contributed by atoms with Crippen molar-refractivity contribution in [3.05, 3.63) is 48.0 Å². The highest BCUT2D eigenvalue weighted by Crippen LogP contribution is 2.25. The van der Waals surface area contributed by atoms with Gasteiger partial charge in [0.25, 0.3) is 11.5 Å². The van der Waals surface area contributed by atoms with Gasteiger partial charge >= 0.3 is 10.7 Å². The quantitative estimate of drug-likeness (QED) is 0.553. The van der Waals surface area contributed by atoms with E-state index in [9.17, 15) is 24.5 Å². The molecule has 1 aliphatic rings. The monoisotopic (exact) mass is 352 g/mol. The minimum absolute atomic E-state index is 0.0824. The summed E-state index contributed by atoms with van der Waals surface area (Å²) < 4.78 is 0. The van der Waals surface area contributed by atoms with E-state index in [1.54, 1.807) is 9.80 Å². The summed E-state index contributed by atoms with van der Waals surface area (Å²) >= 11 is 0.833. The molecule has 0 aliphatic carbocycles. The smallest absolute Gasteiger partial charge is 0.342 e. The van der Waals surface area contributed by atoms with Gasteiger partial charge in [-0.1, -0.05) is 11.3 Å². The Labute approximate surface area is 137 Å². The molecule has 1 saturated heterocycles. The molecule has 0 unspecified atom stereocenters. The van der Waals surface area contributed by atoms with Gasteiger partial charge in [0.1, 0.15) is 0 Å². The number of hydrogen-bond acceptors (Lipinski definition) is 8. The maximum absolute atomic E-state index is 12.4. The van der Waals surface area contributed by atoms with Gasteiger partial charge in [0, 0.05) is 32.2 Å². The third-order valence-electron chi connectivity index (χ3n) is 3.54.